The summed E-state index contributed by atoms with van der Waals surface area (Å²) < 4.78 is 11.0. The molecule has 6 nitrogen and oxygen atoms in total. The largest absolute Gasteiger partial charge is 0.472 e. The van der Waals surface area contributed by atoms with Crippen LogP contribution in [0.2, 0.25) is 0 Å². The van der Waals surface area contributed by atoms with E-state index >= 15 is 0 Å². The summed E-state index contributed by atoms with van der Waals surface area (Å²) in [4.78, 5) is 25.5. The maximum atomic E-state index is 12.3. The van der Waals surface area contributed by atoms with Crippen LogP contribution in [0.3, 0.4) is 0 Å². The standard InChI is InChI=1S/C19H18N2O4/c20-17(22)19(10-9-13-3-1-2-4-16(13)25-19)14-5-7-15(8-6-14)21-11-12-24-18(21)23/h1-8H,9-12H2,(H2,20,22). The maximum Gasteiger partial charge on any atom is 0.414 e. The molecule has 0 aromatic heterocycles. The van der Waals surface area contributed by atoms with Crippen LogP contribution in [0, 0.1) is 0 Å². The van der Waals surface area contributed by atoms with Gasteiger partial charge in [-0.15, -0.1) is 0 Å². The van der Waals surface area contributed by atoms with E-state index in [0.29, 0.717) is 37.3 Å². The third-order valence-corrected chi connectivity index (χ3v) is 4.81. The topological polar surface area (TPSA) is 81.9 Å². The van der Waals surface area contributed by atoms with E-state index < -0.39 is 11.5 Å². The van der Waals surface area contributed by atoms with Crippen LogP contribution in [0.5, 0.6) is 5.75 Å². The molecule has 2 amide bonds. The Kier molecular flexibility index (Phi) is 3.60. The van der Waals surface area contributed by atoms with Crippen molar-refractivity contribution in [3.63, 3.8) is 0 Å². The molecule has 1 atom stereocenters. The number of benzene rings is 2. The van der Waals surface area contributed by atoms with Crippen LogP contribution in [-0.2, 0) is 21.6 Å². The van der Waals surface area contributed by atoms with E-state index in [2.05, 4.69) is 0 Å². The zero-order valence-electron chi connectivity index (χ0n) is 13.6. The molecule has 0 saturated carbocycles. The smallest absolute Gasteiger partial charge is 0.414 e. The zero-order chi connectivity index (χ0) is 17.4. The first-order valence-corrected chi connectivity index (χ1v) is 8.22. The van der Waals surface area contributed by atoms with Crippen molar-refractivity contribution in [1.82, 2.24) is 0 Å². The SMILES string of the molecule is NC(=O)C1(c2ccc(N3CCOC3=O)cc2)CCc2ccccc2O1. The average molecular weight is 338 g/mol. The number of anilines is 1. The first-order chi connectivity index (χ1) is 12.1. The second-order valence-electron chi connectivity index (χ2n) is 6.21. The lowest BCUT2D eigenvalue weighted by atomic mass is 9.84. The van der Waals surface area contributed by atoms with Gasteiger partial charge in [0.1, 0.15) is 12.4 Å². The molecule has 1 saturated heterocycles. The third kappa shape index (κ3) is 2.50. The van der Waals surface area contributed by atoms with E-state index in [1.807, 2.05) is 24.3 Å². The first-order valence-electron chi connectivity index (χ1n) is 8.22. The number of hydrogen-bond donors (Lipinski definition) is 1. The van der Waals surface area contributed by atoms with E-state index in [4.69, 9.17) is 15.2 Å². The van der Waals surface area contributed by atoms with E-state index in [-0.39, 0.29) is 6.09 Å². The van der Waals surface area contributed by atoms with Gasteiger partial charge in [-0.1, -0.05) is 30.3 Å². The normalized spacial score (nSPS) is 22.1. The number of amides is 2. The van der Waals surface area contributed by atoms with Gasteiger partial charge in [-0.2, -0.15) is 0 Å². The van der Waals surface area contributed by atoms with Gasteiger partial charge in [0.05, 0.1) is 6.54 Å². The molecule has 2 heterocycles. The molecule has 0 radical (unpaired) electrons. The maximum absolute atomic E-state index is 12.3. The summed E-state index contributed by atoms with van der Waals surface area (Å²) in [6.07, 6.45) is 0.823. The van der Waals surface area contributed by atoms with Crippen molar-refractivity contribution in [2.24, 2.45) is 5.73 Å². The Balaban J connectivity index is 1.68. The average Bonchev–Trinajstić information content (AvgIpc) is 3.07. The van der Waals surface area contributed by atoms with E-state index in [0.717, 1.165) is 11.3 Å². The Morgan fingerprint density at radius 2 is 1.88 bits per heavy atom. The van der Waals surface area contributed by atoms with Gasteiger partial charge in [0, 0.05) is 17.7 Å². The third-order valence-electron chi connectivity index (χ3n) is 4.81. The summed E-state index contributed by atoms with van der Waals surface area (Å²) in [5.74, 6) is 0.162. The number of hydrogen-bond acceptors (Lipinski definition) is 4. The molecular formula is C19H18N2O4. The second-order valence-corrected chi connectivity index (χ2v) is 6.21. The van der Waals surface area contributed by atoms with E-state index in [9.17, 15) is 9.59 Å². The molecule has 1 unspecified atom stereocenters. The highest BCUT2D eigenvalue weighted by atomic mass is 16.6. The van der Waals surface area contributed by atoms with Crippen molar-refractivity contribution in [2.75, 3.05) is 18.1 Å². The predicted molar refractivity (Wildman–Crippen MR) is 91.4 cm³/mol. The minimum absolute atomic E-state index is 0.361. The quantitative estimate of drug-likeness (QED) is 0.931. The molecule has 25 heavy (non-hydrogen) atoms. The number of primary amides is 1. The monoisotopic (exact) mass is 338 g/mol. The van der Waals surface area contributed by atoms with Crippen LogP contribution in [-0.4, -0.2) is 25.2 Å². The summed E-state index contributed by atoms with van der Waals surface area (Å²) in [6.45, 7) is 0.898. The molecule has 2 aromatic rings. The number of para-hydroxylation sites is 1. The lowest BCUT2D eigenvalue weighted by Gasteiger charge is -2.36. The highest BCUT2D eigenvalue weighted by molar-refractivity contribution is 5.90. The Morgan fingerprint density at radius 3 is 2.56 bits per heavy atom. The summed E-state index contributed by atoms with van der Waals surface area (Å²) in [6, 6.07) is 14.8. The van der Waals surface area contributed by atoms with Crippen LogP contribution >= 0.6 is 0 Å². The number of carbonyl (C=O) groups excluding carboxylic acids is 2. The van der Waals surface area contributed by atoms with Crippen molar-refractivity contribution < 1.29 is 19.1 Å². The van der Waals surface area contributed by atoms with Crippen molar-refractivity contribution in [2.45, 2.75) is 18.4 Å². The Morgan fingerprint density at radius 1 is 1.12 bits per heavy atom. The number of aryl methyl sites for hydroxylation is 1. The van der Waals surface area contributed by atoms with Gasteiger partial charge >= 0.3 is 6.09 Å². The number of nitrogens with two attached hydrogens (primary N) is 1. The van der Waals surface area contributed by atoms with Gasteiger partial charge in [0.25, 0.3) is 5.91 Å². The van der Waals surface area contributed by atoms with Crippen LogP contribution < -0.4 is 15.4 Å². The first kappa shape index (κ1) is 15.5. The van der Waals surface area contributed by atoms with Crippen LogP contribution in [0.15, 0.2) is 48.5 Å². The van der Waals surface area contributed by atoms with Gasteiger partial charge in [0.15, 0.2) is 0 Å². The molecule has 4 rings (SSSR count). The molecule has 2 aliphatic heterocycles. The number of carbonyl (C=O) groups is 2. The fourth-order valence-corrected chi connectivity index (χ4v) is 3.42. The zero-order valence-corrected chi connectivity index (χ0v) is 13.6. The van der Waals surface area contributed by atoms with Crippen molar-refractivity contribution in [3.8, 4) is 5.75 Å². The number of cyclic esters (lactones) is 1. The molecule has 2 N–H and O–H groups in total. The lowest BCUT2D eigenvalue weighted by Crippen LogP contribution is -2.48. The molecule has 128 valence electrons. The van der Waals surface area contributed by atoms with Crippen molar-refractivity contribution in [3.05, 3.63) is 59.7 Å². The van der Waals surface area contributed by atoms with Gasteiger partial charge in [0.2, 0.25) is 5.60 Å². The fourth-order valence-electron chi connectivity index (χ4n) is 3.42. The van der Waals surface area contributed by atoms with Crippen molar-refractivity contribution >= 4 is 17.7 Å². The van der Waals surface area contributed by atoms with E-state index in [1.54, 1.807) is 29.2 Å². The lowest BCUT2D eigenvalue weighted by molar-refractivity contribution is -0.136. The number of nitrogens with zero attached hydrogens (tertiary/aromatic N) is 1. The summed E-state index contributed by atoms with van der Waals surface area (Å²) in [7, 11) is 0. The van der Waals surface area contributed by atoms with Gasteiger partial charge in [-0.05, 0) is 30.2 Å². The fraction of sp³-hybridized carbons (Fsp3) is 0.263. The summed E-state index contributed by atoms with van der Waals surface area (Å²) in [5, 5.41) is 0. The highest BCUT2D eigenvalue weighted by Gasteiger charge is 2.44. The number of rotatable bonds is 3. The Hall–Kier alpha value is -3.02. The van der Waals surface area contributed by atoms with E-state index in [1.165, 1.54) is 0 Å². The molecule has 2 aliphatic rings. The molecule has 0 bridgehead atoms. The van der Waals surface area contributed by atoms with Crippen molar-refractivity contribution in [1.29, 1.82) is 0 Å². The molecular weight excluding hydrogens is 320 g/mol. The second kappa shape index (κ2) is 5.81. The minimum Gasteiger partial charge on any atom is -0.472 e. The number of fused-ring (bicyclic) bond motifs is 1. The molecule has 0 spiro atoms. The van der Waals surface area contributed by atoms with Crippen LogP contribution in [0.1, 0.15) is 17.5 Å². The summed E-state index contributed by atoms with van der Waals surface area (Å²) >= 11 is 0. The minimum atomic E-state index is -1.20. The predicted octanol–water partition coefficient (Wildman–Crippen LogP) is 2.35. The molecule has 1 fully saturated rings. The molecule has 6 heteroatoms. The van der Waals surface area contributed by atoms with Crippen LogP contribution in [0.25, 0.3) is 0 Å². The van der Waals surface area contributed by atoms with Crippen LogP contribution in [0.4, 0.5) is 10.5 Å². The molecule has 0 aliphatic carbocycles. The highest BCUT2D eigenvalue weighted by Crippen LogP contribution is 2.40. The van der Waals surface area contributed by atoms with Gasteiger partial charge in [-0.25, -0.2) is 4.79 Å². The molecule has 2 aromatic carbocycles. The Bertz CT molecular complexity index is 834. The summed E-state index contributed by atoms with van der Waals surface area (Å²) in [5.41, 5.74) is 7.00. The Labute approximate surface area is 145 Å². The van der Waals surface area contributed by atoms with Gasteiger partial charge in [-0.3, -0.25) is 9.69 Å². The van der Waals surface area contributed by atoms with Gasteiger partial charge < -0.3 is 15.2 Å². The number of ether oxygens (including phenoxy) is 2.